The van der Waals surface area contributed by atoms with Crippen LogP contribution in [-0.4, -0.2) is 39.5 Å². The van der Waals surface area contributed by atoms with Gasteiger partial charge in [-0.25, -0.2) is 4.79 Å². The minimum absolute atomic E-state index is 0.0801. The first-order valence-corrected chi connectivity index (χ1v) is 13.7. The first-order chi connectivity index (χ1) is 17.3. The van der Waals surface area contributed by atoms with Crippen molar-refractivity contribution in [2.75, 3.05) is 18.2 Å². The molecule has 0 saturated carbocycles. The summed E-state index contributed by atoms with van der Waals surface area (Å²) in [5.41, 5.74) is 1.46. The molecule has 190 valence electrons. The lowest BCUT2D eigenvalue weighted by molar-refractivity contribution is -0.113. The maximum absolute atomic E-state index is 12.8. The van der Waals surface area contributed by atoms with Crippen LogP contribution in [0.1, 0.15) is 46.1 Å². The van der Waals surface area contributed by atoms with Crippen LogP contribution in [0.15, 0.2) is 36.0 Å². The molecule has 1 amide bonds. The van der Waals surface area contributed by atoms with E-state index in [1.807, 2.05) is 11.5 Å². The summed E-state index contributed by atoms with van der Waals surface area (Å²) in [5, 5.41) is 13.4. The number of methoxy groups -OCH3 is 1. The number of carbonyl (C=O) groups is 2. The van der Waals surface area contributed by atoms with Gasteiger partial charge in [-0.15, -0.1) is 28.1 Å². The second-order valence-corrected chi connectivity index (χ2v) is 10.9. The Labute approximate surface area is 227 Å². The molecule has 0 saturated heterocycles. The SMILES string of the molecule is C=CCn1c(SCC(=O)Nc2sc3c(c2C(=O)OC)CCC3)nnc1C(C)Oc1ccc(Cl)cc1Cl. The highest BCUT2D eigenvalue weighted by Crippen LogP contribution is 2.39. The van der Waals surface area contributed by atoms with E-state index in [9.17, 15) is 9.59 Å². The first-order valence-electron chi connectivity index (χ1n) is 11.1. The largest absolute Gasteiger partial charge is 0.481 e. The molecule has 1 atom stereocenters. The molecule has 4 rings (SSSR count). The van der Waals surface area contributed by atoms with E-state index in [-0.39, 0.29) is 11.7 Å². The molecule has 12 heteroatoms. The lowest BCUT2D eigenvalue weighted by Gasteiger charge is -2.16. The standard InChI is InChI=1S/C24H24Cl2N4O4S2/c1-4-10-30-21(13(2)34-17-9-8-14(25)11-16(17)26)28-29-24(30)35-12-19(31)27-22-20(23(32)33-3)15-6-5-7-18(15)36-22/h4,8-9,11,13H,1,5-7,10,12H2,2-3H3,(H,27,31). The molecule has 36 heavy (non-hydrogen) atoms. The van der Waals surface area contributed by atoms with E-state index < -0.39 is 12.1 Å². The second kappa shape index (κ2) is 11.7. The highest BCUT2D eigenvalue weighted by molar-refractivity contribution is 7.99. The molecule has 1 N–H and O–H groups in total. The number of carbonyl (C=O) groups excluding carboxylic acids is 2. The Morgan fingerprint density at radius 2 is 2.14 bits per heavy atom. The van der Waals surface area contributed by atoms with Crippen LogP contribution >= 0.6 is 46.3 Å². The smallest absolute Gasteiger partial charge is 0.341 e. The van der Waals surface area contributed by atoms with E-state index >= 15 is 0 Å². The van der Waals surface area contributed by atoms with Crippen molar-refractivity contribution in [1.82, 2.24) is 14.8 Å². The minimum atomic E-state index is -0.476. The van der Waals surface area contributed by atoms with Crippen molar-refractivity contribution in [2.24, 2.45) is 0 Å². The number of rotatable bonds is 10. The van der Waals surface area contributed by atoms with Crippen molar-refractivity contribution in [3.8, 4) is 5.75 Å². The monoisotopic (exact) mass is 566 g/mol. The first kappa shape index (κ1) is 26.5. The van der Waals surface area contributed by atoms with Crippen molar-refractivity contribution in [1.29, 1.82) is 0 Å². The Morgan fingerprint density at radius 1 is 1.33 bits per heavy atom. The Kier molecular flexibility index (Phi) is 8.61. The van der Waals surface area contributed by atoms with E-state index in [2.05, 4.69) is 22.1 Å². The lowest BCUT2D eigenvalue weighted by atomic mass is 10.1. The number of ether oxygens (including phenoxy) is 2. The number of benzene rings is 1. The second-order valence-electron chi connectivity index (χ2n) is 7.96. The van der Waals surface area contributed by atoms with Gasteiger partial charge in [0, 0.05) is 16.4 Å². The van der Waals surface area contributed by atoms with Crippen LogP contribution in [0.25, 0.3) is 0 Å². The summed E-state index contributed by atoms with van der Waals surface area (Å²) in [4.78, 5) is 26.3. The Bertz CT molecular complexity index is 1310. The van der Waals surface area contributed by atoms with Crippen molar-refractivity contribution >= 4 is 63.2 Å². The highest BCUT2D eigenvalue weighted by Gasteiger charge is 2.28. The third-order valence-electron chi connectivity index (χ3n) is 5.51. The number of thioether (sulfide) groups is 1. The summed E-state index contributed by atoms with van der Waals surface area (Å²) in [7, 11) is 1.35. The number of esters is 1. The summed E-state index contributed by atoms with van der Waals surface area (Å²) in [6, 6.07) is 4.99. The third kappa shape index (κ3) is 5.72. The van der Waals surface area contributed by atoms with Crippen molar-refractivity contribution in [3.05, 3.63) is 62.7 Å². The zero-order chi connectivity index (χ0) is 25.8. The summed E-state index contributed by atoms with van der Waals surface area (Å²) >= 11 is 14.9. The van der Waals surface area contributed by atoms with Gasteiger partial charge in [-0.05, 0) is 49.9 Å². The number of fused-ring (bicyclic) bond motifs is 1. The van der Waals surface area contributed by atoms with Gasteiger partial charge in [0.2, 0.25) is 5.91 Å². The number of nitrogens with zero attached hydrogens (tertiary/aromatic N) is 3. The minimum Gasteiger partial charge on any atom is -0.481 e. The quantitative estimate of drug-likeness (QED) is 0.183. The molecule has 3 aromatic rings. The number of nitrogens with one attached hydrogen (secondary N) is 1. The predicted octanol–water partition coefficient (Wildman–Crippen LogP) is 5.98. The van der Waals surface area contributed by atoms with Crippen LogP contribution in [0.3, 0.4) is 0 Å². The van der Waals surface area contributed by atoms with Crippen LogP contribution < -0.4 is 10.1 Å². The van der Waals surface area contributed by atoms with Crippen LogP contribution in [0, 0.1) is 0 Å². The molecule has 2 aromatic heterocycles. The van der Waals surface area contributed by atoms with E-state index in [0.29, 0.717) is 43.9 Å². The van der Waals surface area contributed by atoms with Gasteiger partial charge in [0.05, 0.1) is 23.4 Å². The Hall–Kier alpha value is -2.53. The predicted molar refractivity (Wildman–Crippen MR) is 143 cm³/mol. The van der Waals surface area contributed by atoms with Gasteiger partial charge in [-0.1, -0.05) is 41.0 Å². The average molecular weight is 568 g/mol. The van der Waals surface area contributed by atoms with E-state index in [4.69, 9.17) is 32.7 Å². The Balaban J connectivity index is 1.45. The fourth-order valence-corrected chi connectivity index (χ4v) is 6.43. The van der Waals surface area contributed by atoms with Gasteiger partial charge in [-0.3, -0.25) is 9.36 Å². The average Bonchev–Trinajstić information content (AvgIpc) is 3.54. The number of hydrogen-bond acceptors (Lipinski definition) is 8. The molecular formula is C24H24Cl2N4O4S2. The van der Waals surface area contributed by atoms with Gasteiger partial charge in [-0.2, -0.15) is 0 Å². The summed E-state index contributed by atoms with van der Waals surface area (Å²) in [6.07, 6.45) is 3.97. The maximum Gasteiger partial charge on any atom is 0.341 e. The van der Waals surface area contributed by atoms with Gasteiger partial charge in [0.25, 0.3) is 0 Å². The molecule has 1 aromatic carbocycles. The summed E-state index contributed by atoms with van der Waals surface area (Å²) in [6.45, 7) is 6.07. The molecule has 8 nitrogen and oxygen atoms in total. The molecule has 0 bridgehead atoms. The summed E-state index contributed by atoms with van der Waals surface area (Å²) in [5.74, 6) is 0.432. The maximum atomic E-state index is 12.8. The van der Waals surface area contributed by atoms with Crippen LogP contribution in [-0.2, 0) is 28.9 Å². The van der Waals surface area contributed by atoms with E-state index in [1.54, 1.807) is 24.3 Å². The molecule has 1 aliphatic rings. The number of thiophene rings is 1. The van der Waals surface area contributed by atoms with E-state index in [0.717, 1.165) is 29.7 Å². The molecule has 0 aliphatic heterocycles. The van der Waals surface area contributed by atoms with Gasteiger partial charge in [0.1, 0.15) is 10.8 Å². The number of allylic oxidation sites excluding steroid dienone is 1. The van der Waals surface area contributed by atoms with Crippen molar-refractivity contribution < 1.29 is 19.1 Å². The molecular weight excluding hydrogens is 543 g/mol. The summed E-state index contributed by atoms with van der Waals surface area (Å²) < 4.78 is 12.8. The highest BCUT2D eigenvalue weighted by atomic mass is 35.5. The van der Waals surface area contributed by atoms with Crippen LogP contribution in [0.2, 0.25) is 10.0 Å². The van der Waals surface area contributed by atoms with Crippen molar-refractivity contribution in [2.45, 2.75) is 44.0 Å². The number of aryl methyl sites for hydroxylation is 1. The zero-order valence-corrected chi connectivity index (χ0v) is 22.8. The molecule has 0 radical (unpaired) electrons. The molecule has 0 fully saturated rings. The zero-order valence-electron chi connectivity index (χ0n) is 19.7. The molecule has 0 spiro atoms. The van der Waals surface area contributed by atoms with E-state index in [1.165, 1.54) is 30.2 Å². The lowest BCUT2D eigenvalue weighted by Crippen LogP contribution is -2.17. The number of aromatic nitrogens is 3. The van der Waals surface area contributed by atoms with Crippen molar-refractivity contribution in [3.63, 3.8) is 0 Å². The fraction of sp³-hybridized carbons (Fsp3) is 0.333. The normalized spacial score (nSPS) is 13.2. The Morgan fingerprint density at radius 3 is 2.86 bits per heavy atom. The van der Waals surface area contributed by atoms with Gasteiger partial charge >= 0.3 is 5.97 Å². The van der Waals surface area contributed by atoms with Crippen LogP contribution in [0.5, 0.6) is 5.75 Å². The fourth-order valence-electron chi connectivity index (χ4n) is 3.93. The van der Waals surface area contributed by atoms with Gasteiger partial charge < -0.3 is 14.8 Å². The number of amides is 1. The number of hydrogen-bond donors (Lipinski definition) is 1. The third-order valence-corrected chi connectivity index (χ3v) is 8.22. The molecule has 2 heterocycles. The number of anilines is 1. The number of halogens is 2. The topological polar surface area (TPSA) is 95.3 Å². The van der Waals surface area contributed by atoms with Crippen LogP contribution in [0.4, 0.5) is 5.00 Å². The molecule has 1 unspecified atom stereocenters. The van der Waals surface area contributed by atoms with Gasteiger partial charge in [0.15, 0.2) is 17.1 Å². The molecule has 1 aliphatic carbocycles.